The number of amides is 2. The van der Waals surface area contributed by atoms with Crippen LogP contribution in [-0.2, 0) is 26.2 Å². The van der Waals surface area contributed by atoms with Gasteiger partial charge in [-0.15, -0.1) is 0 Å². The summed E-state index contributed by atoms with van der Waals surface area (Å²) in [5, 5.41) is 3.34. The third-order valence-electron chi connectivity index (χ3n) is 6.46. The van der Waals surface area contributed by atoms with Crippen LogP contribution in [0, 0.1) is 6.92 Å². The average molecular weight is 669 g/mol. The summed E-state index contributed by atoms with van der Waals surface area (Å²) in [7, 11) is -4.22. The van der Waals surface area contributed by atoms with Crippen LogP contribution in [0.1, 0.15) is 38.3 Å². The molecule has 11 heteroatoms. The van der Waals surface area contributed by atoms with Gasteiger partial charge in [0.1, 0.15) is 12.6 Å². The fourth-order valence-electron chi connectivity index (χ4n) is 3.88. The number of sulfonamides is 1. The molecule has 0 aliphatic rings. The molecule has 2 amide bonds. The number of aryl methyl sites for hydroxylation is 1. The summed E-state index contributed by atoms with van der Waals surface area (Å²) in [5.74, 6) is -0.903. The van der Waals surface area contributed by atoms with Gasteiger partial charge < -0.3 is 10.2 Å². The molecule has 7 nitrogen and oxygen atoms in total. The Balaban J connectivity index is 2.05. The van der Waals surface area contributed by atoms with Crippen LogP contribution < -0.4 is 9.62 Å². The molecule has 2 atom stereocenters. The van der Waals surface area contributed by atoms with Gasteiger partial charge in [0.2, 0.25) is 11.8 Å². The van der Waals surface area contributed by atoms with Gasteiger partial charge in [0.05, 0.1) is 10.6 Å². The van der Waals surface area contributed by atoms with Gasteiger partial charge in [0.15, 0.2) is 0 Å². The topological polar surface area (TPSA) is 86.8 Å². The van der Waals surface area contributed by atoms with E-state index in [1.807, 2.05) is 45.0 Å². The molecular weight excluding hydrogens is 637 g/mol. The number of hydrogen-bond acceptors (Lipinski definition) is 4. The molecule has 0 aliphatic carbocycles. The summed E-state index contributed by atoms with van der Waals surface area (Å²) in [4.78, 5) is 28.5. The fraction of sp³-hybridized carbons (Fsp3) is 0.310. The monoisotopic (exact) mass is 667 g/mol. The second kappa shape index (κ2) is 13.9. The lowest BCUT2D eigenvalue weighted by molar-refractivity contribution is -0.139. The molecule has 1 N–H and O–H groups in total. The SMILES string of the molecule is CC[C@@H](C)NC(=O)[C@@H](C)N(Cc1ccc(Br)cc1)C(=O)CN(c1cc(Cl)cc(Cl)c1)S(=O)(=O)c1ccc(C)cc1. The van der Waals surface area contributed by atoms with Crippen LogP contribution in [0.15, 0.2) is 76.1 Å². The maximum atomic E-state index is 14.0. The van der Waals surface area contributed by atoms with Crippen LogP contribution in [0.4, 0.5) is 5.69 Å². The molecule has 3 aromatic carbocycles. The molecule has 3 rings (SSSR count). The Bertz CT molecular complexity index is 1430. The number of nitrogens with one attached hydrogen (secondary N) is 1. The normalized spacial score (nSPS) is 12.9. The Labute approximate surface area is 254 Å². The predicted molar refractivity (Wildman–Crippen MR) is 164 cm³/mol. The number of rotatable bonds is 11. The molecule has 0 fully saturated rings. The summed E-state index contributed by atoms with van der Waals surface area (Å²) < 4.78 is 29.6. The van der Waals surface area contributed by atoms with Crippen molar-refractivity contribution in [3.8, 4) is 0 Å². The van der Waals surface area contributed by atoms with E-state index in [1.54, 1.807) is 19.1 Å². The summed E-state index contributed by atoms with van der Waals surface area (Å²) >= 11 is 15.9. The third-order valence-corrected chi connectivity index (χ3v) is 9.21. The van der Waals surface area contributed by atoms with Gasteiger partial charge in [-0.1, -0.05) is 75.9 Å². The quantitative estimate of drug-likeness (QED) is 0.250. The molecule has 0 heterocycles. The zero-order chi connectivity index (χ0) is 29.6. The number of carbonyl (C=O) groups excluding carboxylic acids is 2. The molecule has 0 saturated carbocycles. The number of nitrogens with zero attached hydrogens (tertiary/aromatic N) is 2. The van der Waals surface area contributed by atoms with E-state index in [-0.39, 0.29) is 39.1 Å². The number of anilines is 1. The highest BCUT2D eigenvalue weighted by atomic mass is 79.9. The Kier molecular flexibility index (Phi) is 11.1. The van der Waals surface area contributed by atoms with Gasteiger partial charge in [-0.2, -0.15) is 0 Å². The Morgan fingerprint density at radius 3 is 2.08 bits per heavy atom. The molecular formula is C29H32BrCl2N3O4S. The highest BCUT2D eigenvalue weighted by molar-refractivity contribution is 9.10. The largest absolute Gasteiger partial charge is 0.352 e. The first-order valence-electron chi connectivity index (χ1n) is 12.7. The summed E-state index contributed by atoms with van der Waals surface area (Å²) in [6.45, 7) is 6.82. The minimum Gasteiger partial charge on any atom is -0.352 e. The minimum absolute atomic E-state index is 0.00372. The van der Waals surface area contributed by atoms with Crippen LogP contribution in [0.2, 0.25) is 10.0 Å². The molecule has 0 unspecified atom stereocenters. The van der Waals surface area contributed by atoms with Crippen molar-refractivity contribution in [1.29, 1.82) is 0 Å². The van der Waals surface area contributed by atoms with Crippen molar-refractivity contribution in [2.45, 2.75) is 57.6 Å². The number of halogens is 3. The van der Waals surface area contributed by atoms with Crippen molar-refractivity contribution >= 4 is 66.7 Å². The molecule has 0 radical (unpaired) electrons. The molecule has 0 aliphatic heterocycles. The van der Waals surface area contributed by atoms with Gasteiger partial charge in [0.25, 0.3) is 10.0 Å². The van der Waals surface area contributed by atoms with Gasteiger partial charge in [-0.3, -0.25) is 13.9 Å². The summed E-state index contributed by atoms with van der Waals surface area (Å²) in [6, 6.07) is 17.0. The van der Waals surface area contributed by atoms with Gasteiger partial charge in [0, 0.05) is 27.1 Å². The zero-order valence-corrected chi connectivity index (χ0v) is 26.6. The van der Waals surface area contributed by atoms with Crippen LogP contribution in [0.25, 0.3) is 0 Å². The maximum absolute atomic E-state index is 14.0. The Morgan fingerprint density at radius 2 is 1.52 bits per heavy atom. The van der Waals surface area contributed by atoms with Crippen molar-refractivity contribution in [3.05, 3.63) is 92.4 Å². The lowest BCUT2D eigenvalue weighted by atomic mass is 10.1. The van der Waals surface area contributed by atoms with E-state index >= 15 is 0 Å². The molecule has 0 aromatic heterocycles. The van der Waals surface area contributed by atoms with Crippen molar-refractivity contribution < 1.29 is 18.0 Å². The van der Waals surface area contributed by atoms with E-state index in [9.17, 15) is 18.0 Å². The second-order valence-corrected chi connectivity index (χ2v) is 13.2. The first-order valence-corrected chi connectivity index (χ1v) is 15.7. The third kappa shape index (κ3) is 8.22. The van der Waals surface area contributed by atoms with E-state index < -0.39 is 28.5 Å². The first-order chi connectivity index (χ1) is 18.8. The molecule has 0 spiro atoms. The number of carbonyl (C=O) groups is 2. The number of hydrogen-bond donors (Lipinski definition) is 1. The molecule has 40 heavy (non-hydrogen) atoms. The Morgan fingerprint density at radius 1 is 0.950 bits per heavy atom. The minimum atomic E-state index is -4.22. The highest BCUT2D eigenvalue weighted by Crippen LogP contribution is 2.30. The standard InChI is InChI=1S/C29H32BrCl2N3O4S/c1-5-20(3)33-29(37)21(4)34(17-22-8-10-23(30)11-9-22)28(36)18-35(26-15-24(31)14-25(32)16-26)40(38,39)27-12-6-19(2)7-13-27/h6-16,20-21H,5,17-18H2,1-4H3,(H,33,37)/t20-,21-/m1/s1. The maximum Gasteiger partial charge on any atom is 0.264 e. The van der Waals surface area contributed by atoms with Crippen LogP contribution in [0.3, 0.4) is 0 Å². The fourth-order valence-corrected chi connectivity index (χ4v) is 6.06. The van der Waals surface area contributed by atoms with Gasteiger partial charge >= 0.3 is 0 Å². The molecule has 3 aromatic rings. The molecule has 0 bridgehead atoms. The smallest absolute Gasteiger partial charge is 0.264 e. The highest BCUT2D eigenvalue weighted by Gasteiger charge is 2.33. The summed E-state index contributed by atoms with van der Waals surface area (Å²) in [6.07, 6.45) is 0.719. The van der Waals surface area contributed by atoms with Crippen LogP contribution in [-0.4, -0.2) is 43.8 Å². The van der Waals surface area contributed by atoms with E-state index in [1.165, 1.54) is 35.2 Å². The predicted octanol–water partition coefficient (Wildman–Crippen LogP) is 6.59. The molecule has 0 saturated heterocycles. The van der Waals surface area contributed by atoms with Crippen LogP contribution >= 0.6 is 39.1 Å². The van der Waals surface area contributed by atoms with Crippen molar-refractivity contribution in [2.75, 3.05) is 10.8 Å². The van der Waals surface area contributed by atoms with Crippen molar-refractivity contribution in [2.24, 2.45) is 0 Å². The van der Waals surface area contributed by atoms with E-state index in [4.69, 9.17) is 23.2 Å². The van der Waals surface area contributed by atoms with Crippen LogP contribution in [0.5, 0.6) is 0 Å². The van der Waals surface area contributed by atoms with Crippen molar-refractivity contribution in [3.63, 3.8) is 0 Å². The van der Waals surface area contributed by atoms with Gasteiger partial charge in [-0.25, -0.2) is 8.42 Å². The van der Waals surface area contributed by atoms with E-state index in [0.29, 0.717) is 0 Å². The second-order valence-electron chi connectivity index (χ2n) is 9.59. The van der Waals surface area contributed by atoms with E-state index in [0.717, 1.165) is 26.3 Å². The zero-order valence-electron chi connectivity index (χ0n) is 22.7. The van der Waals surface area contributed by atoms with E-state index in [2.05, 4.69) is 21.2 Å². The average Bonchev–Trinajstić information content (AvgIpc) is 2.90. The lowest BCUT2D eigenvalue weighted by Gasteiger charge is -2.32. The Hall–Kier alpha value is -2.59. The van der Waals surface area contributed by atoms with Crippen molar-refractivity contribution in [1.82, 2.24) is 10.2 Å². The lowest BCUT2D eigenvalue weighted by Crippen LogP contribution is -2.52. The van der Waals surface area contributed by atoms with Gasteiger partial charge in [-0.05, 0) is 75.2 Å². The molecule has 214 valence electrons. The first kappa shape index (κ1) is 31.9. The number of benzene rings is 3. The summed E-state index contributed by atoms with van der Waals surface area (Å²) in [5.41, 5.74) is 1.79.